The van der Waals surface area contributed by atoms with E-state index in [9.17, 15) is 4.79 Å². The van der Waals surface area contributed by atoms with Crippen molar-refractivity contribution >= 4 is 51.9 Å². The Hall–Kier alpha value is -5.18. The van der Waals surface area contributed by atoms with Crippen molar-refractivity contribution in [1.82, 2.24) is 0 Å². The van der Waals surface area contributed by atoms with Gasteiger partial charge in [0.15, 0.2) is 28.2 Å². The molecule has 49 heavy (non-hydrogen) atoms. The number of aryl methyl sites for hydroxylation is 2. The van der Waals surface area contributed by atoms with E-state index in [1.807, 2.05) is 111 Å². The fourth-order valence-electron chi connectivity index (χ4n) is 5.13. The lowest BCUT2D eigenvalue weighted by Gasteiger charge is -2.16. The van der Waals surface area contributed by atoms with Crippen LogP contribution < -0.4 is 23.8 Å². The number of ether oxygens (including phenoxy) is 4. The molecule has 0 spiro atoms. The SMILES string of the molecule is COc1cc(COc2c(Cl)cc(/C=C3/SC(=Nc4ccc(C)cc4)N(c4ccc(C)cc4)C3=O)cc2OC)ccc1OCc1ccccc1. The number of rotatable bonds is 11. The van der Waals surface area contributed by atoms with Crippen molar-refractivity contribution in [3.63, 3.8) is 0 Å². The lowest BCUT2D eigenvalue weighted by molar-refractivity contribution is -0.113. The summed E-state index contributed by atoms with van der Waals surface area (Å²) in [5, 5.41) is 0.911. The lowest BCUT2D eigenvalue weighted by atomic mass is 10.1. The predicted molar refractivity (Wildman–Crippen MR) is 199 cm³/mol. The van der Waals surface area contributed by atoms with Crippen LogP contribution in [0.2, 0.25) is 5.02 Å². The molecular formula is C40H35ClN2O5S. The number of anilines is 1. The highest BCUT2D eigenvalue weighted by Gasteiger charge is 2.35. The molecule has 6 rings (SSSR count). The molecule has 0 N–H and O–H groups in total. The summed E-state index contributed by atoms with van der Waals surface area (Å²) in [5.74, 6) is 1.88. The molecule has 9 heteroatoms. The third-order valence-corrected chi connectivity index (χ3v) is 9.00. The second-order valence-corrected chi connectivity index (χ2v) is 12.8. The van der Waals surface area contributed by atoms with Crippen molar-refractivity contribution < 1.29 is 23.7 Å². The molecule has 1 aliphatic heterocycles. The summed E-state index contributed by atoms with van der Waals surface area (Å²) in [6, 6.07) is 34.8. The molecule has 5 aromatic rings. The van der Waals surface area contributed by atoms with E-state index in [1.165, 1.54) is 11.8 Å². The lowest BCUT2D eigenvalue weighted by Crippen LogP contribution is -2.28. The maximum absolute atomic E-state index is 13.9. The molecule has 7 nitrogen and oxygen atoms in total. The van der Waals surface area contributed by atoms with Gasteiger partial charge in [-0.15, -0.1) is 0 Å². The number of amides is 1. The number of aliphatic imine (C=N–C) groups is 1. The number of nitrogens with zero attached hydrogens (tertiary/aromatic N) is 2. The van der Waals surface area contributed by atoms with Crippen LogP contribution in [0.5, 0.6) is 23.0 Å². The van der Waals surface area contributed by atoms with E-state index in [0.717, 1.165) is 33.6 Å². The van der Waals surface area contributed by atoms with Gasteiger partial charge in [0, 0.05) is 0 Å². The minimum absolute atomic E-state index is 0.180. The summed E-state index contributed by atoms with van der Waals surface area (Å²) in [5.41, 5.74) is 6.35. The Morgan fingerprint density at radius 3 is 2.10 bits per heavy atom. The van der Waals surface area contributed by atoms with E-state index in [0.29, 0.717) is 50.3 Å². The van der Waals surface area contributed by atoms with Crippen molar-refractivity contribution in [2.45, 2.75) is 27.1 Å². The van der Waals surface area contributed by atoms with Crippen molar-refractivity contribution in [1.29, 1.82) is 0 Å². The smallest absolute Gasteiger partial charge is 0.271 e. The van der Waals surface area contributed by atoms with Crippen LogP contribution in [-0.2, 0) is 18.0 Å². The first-order valence-electron chi connectivity index (χ1n) is 15.6. The van der Waals surface area contributed by atoms with Gasteiger partial charge in [0.1, 0.15) is 13.2 Å². The van der Waals surface area contributed by atoms with Crippen LogP contribution in [0, 0.1) is 13.8 Å². The van der Waals surface area contributed by atoms with Crippen molar-refractivity contribution in [3.8, 4) is 23.0 Å². The van der Waals surface area contributed by atoms with Gasteiger partial charge in [-0.05, 0) is 96.9 Å². The number of halogens is 1. The van der Waals surface area contributed by atoms with E-state index in [-0.39, 0.29) is 12.5 Å². The maximum Gasteiger partial charge on any atom is 0.271 e. The number of hydrogen-bond acceptors (Lipinski definition) is 7. The van der Waals surface area contributed by atoms with E-state index >= 15 is 0 Å². The molecule has 5 aromatic carbocycles. The van der Waals surface area contributed by atoms with Crippen molar-refractivity contribution in [3.05, 3.63) is 147 Å². The summed E-state index contributed by atoms with van der Waals surface area (Å²) in [6.45, 7) is 4.68. The number of carbonyl (C=O) groups is 1. The first-order valence-corrected chi connectivity index (χ1v) is 16.8. The maximum atomic E-state index is 13.9. The van der Waals surface area contributed by atoms with Crippen LogP contribution in [0.3, 0.4) is 0 Å². The van der Waals surface area contributed by atoms with E-state index < -0.39 is 0 Å². The highest BCUT2D eigenvalue weighted by atomic mass is 35.5. The second kappa shape index (κ2) is 15.4. The predicted octanol–water partition coefficient (Wildman–Crippen LogP) is 9.94. The topological polar surface area (TPSA) is 69.6 Å². The van der Waals surface area contributed by atoms with E-state index in [1.54, 1.807) is 37.3 Å². The molecule has 1 heterocycles. The summed E-state index contributed by atoms with van der Waals surface area (Å²) >= 11 is 8.08. The molecule has 0 atom stereocenters. The van der Waals surface area contributed by atoms with Gasteiger partial charge in [-0.3, -0.25) is 9.69 Å². The van der Waals surface area contributed by atoms with Gasteiger partial charge in [0.25, 0.3) is 5.91 Å². The molecule has 0 bridgehead atoms. The van der Waals surface area contributed by atoms with E-state index in [2.05, 4.69) is 0 Å². The highest BCUT2D eigenvalue weighted by Crippen LogP contribution is 2.41. The average Bonchev–Trinajstić information content (AvgIpc) is 3.41. The van der Waals surface area contributed by atoms with Crippen LogP contribution in [0.25, 0.3) is 6.08 Å². The standard InChI is InChI=1S/C40H35ClN2O5S/c1-26-10-15-31(16-11-26)42-40-43(32-17-12-27(2)13-18-32)39(44)37(49-40)23-30-20-33(41)38(36(22-30)46-4)48-25-29-14-19-34(35(21-29)45-3)47-24-28-8-6-5-7-9-28/h5-23H,24-25H2,1-4H3/b37-23+,42-40?. The monoisotopic (exact) mass is 690 g/mol. The molecule has 1 aliphatic rings. The molecule has 0 unspecified atom stereocenters. The molecule has 0 saturated carbocycles. The van der Waals surface area contributed by atoms with Gasteiger partial charge in [0.05, 0.1) is 35.5 Å². The minimum Gasteiger partial charge on any atom is -0.493 e. The van der Waals surface area contributed by atoms with Crippen molar-refractivity contribution in [2.75, 3.05) is 19.1 Å². The van der Waals surface area contributed by atoms with Gasteiger partial charge in [-0.25, -0.2) is 4.99 Å². The number of carbonyl (C=O) groups excluding carboxylic acids is 1. The Morgan fingerprint density at radius 1 is 0.735 bits per heavy atom. The van der Waals surface area contributed by atoms with Gasteiger partial charge >= 0.3 is 0 Å². The van der Waals surface area contributed by atoms with Gasteiger partial charge in [0.2, 0.25) is 0 Å². The molecular weight excluding hydrogens is 656 g/mol. The molecule has 1 saturated heterocycles. The quantitative estimate of drug-likeness (QED) is 0.129. The Morgan fingerprint density at radius 2 is 1.41 bits per heavy atom. The number of methoxy groups -OCH3 is 2. The van der Waals surface area contributed by atoms with Gasteiger partial charge < -0.3 is 18.9 Å². The summed E-state index contributed by atoms with van der Waals surface area (Å²) < 4.78 is 23.4. The summed E-state index contributed by atoms with van der Waals surface area (Å²) in [7, 11) is 3.16. The third-order valence-electron chi connectivity index (χ3n) is 7.76. The Bertz CT molecular complexity index is 2010. The Labute approximate surface area is 295 Å². The van der Waals surface area contributed by atoms with Crippen molar-refractivity contribution in [2.24, 2.45) is 4.99 Å². The first kappa shape index (κ1) is 33.7. The van der Waals surface area contributed by atoms with Crippen LogP contribution in [-0.4, -0.2) is 25.3 Å². The highest BCUT2D eigenvalue weighted by molar-refractivity contribution is 8.19. The van der Waals surface area contributed by atoms with Crippen LogP contribution >= 0.6 is 23.4 Å². The molecule has 0 aliphatic carbocycles. The number of amidine groups is 1. The number of thioether (sulfide) groups is 1. The summed E-state index contributed by atoms with van der Waals surface area (Å²) in [4.78, 5) is 20.8. The summed E-state index contributed by atoms with van der Waals surface area (Å²) in [6.07, 6.45) is 1.79. The third kappa shape index (κ3) is 8.11. The van der Waals surface area contributed by atoms with Crippen LogP contribution in [0.4, 0.5) is 11.4 Å². The molecule has 0 aromatic heterocycles. The minimum atomic E-state index is -0.180. The molecule has 1 amide bonds. The van der Waals surface area contributed by atoms with Crippen LogP contribution in [0.1, 0.15) is 27.8 Å². The van der Waals surface area contributed by atoms with Gasteiger partial charge in [-0.2, -0.15) is 0 Å². The Balaban J connectivity index is 1.22. The largest absolute Gasteiger partial charge is 0.493 e. The fourth-order valence-corrected chi connectivity index (χ4v) is 6.40. The van der Waals surface area contributed by atoms with Crippen LogP contribution in [0.15, 0.2) is 119 Å². The normalized spacial score (nSPS) is 14.4. The zero-order valence-electron chi connectivity index (χ0n) is 27.6. The first-order chi connectivity index (χ1) is 23.8. The molecule has 1 fully saturated rings. The molecule has 248 valence electrons. The Kier molecular flexibility index (Phi) is 10.6. The second-order valence-electron chi connectivity index (χ2n) is 11.4. The fraction of sp³-hybridized carbons (Fsp3) is 0.150. The zero-order chi connectivity index (χ0) is 34.3. The van der Waals surface area contributed by atoms with Gasteiger partial charge in [-0.1, -0.05) is 83.4 Å². The number of benzene rings is 5. The number of hydrogen-bond donors (Lipinski definition) is 0. The average molecular weight is 691 g/mol. The zero-order valence-corrected chi connectivity index (χ0v) is 29.2. The van der Waals surface area contributed by atoms with E-state index in [4.69, 9.17) is 35.5 Å². The molecule has 0 radical (unpaired) electrons.